The van der Waals surface area contributed by atoms with Crippen LogP contribution in [0, 0.1) is 5.41 Å². The van der Waals surface area contributed by atoms with Gasteiger partial charge >= 0.3 is 0 Å². The first-order valence-electron chi connectivity index (χ1n) is 12.4. The number of hydrogen-bond donors (Lipinski definition) is 0. The second kappa shape index (κ2) is 8.63. The maximum atomic E-state index is 13.1. The molecule has 0 radical (unpaired) electrons. The number of likely N-dealkylation sites (tertiary alicyclic amines) is 1. The Morgan fingerprint density at radius 1 is 0.900 bits per heavy atom. The first-order chi connectivity index (χ1) is 14.7. The van der Waals surface area contributed by atoms with Crippen LogP contribution < -0.4 is 4.90 Å². The van der Waals surface area contributed by atoms with E-state index in [0.29, 0.717) is 11.8 Å². The summed E-state index contributed by atoms with van der Waals surface area (Å²) in [5, 5.41) is 0. The van der Waals surface area contributed by atoms with Gasteiger partial charge in [-0.05, 0) is 94.9 Å². The van der Waals surface area contributed by atoms with E-state index in [0.717, 1.165) is 56.8 Å². The standard InChI is InChI=1S/C26H38N2O2/c1-20-4-2-3-16-27(20)23-9-5-21(6-10-23)22-7-11-24(12-8-22)28-17-13-26(25(28)29)14-18-30-19-15-26/h7-8,11-12,20-21,23H,2-6,9-10,13-19H2,1H3/t20-,21-,23-/m0/s1. The topological polar surface area (TPSA) is 32.8 Å². The molecule has 164 valence electrons. The first-order valence-corrected chi connectivity index (χ1v) is 12.4. The zero-order valence-corrected chi connectivity index (χ0v) is 18.7. The molecule has 4 heteroatoms. The zero-order valence-electron chi connectivity index (χ0n) is 18.7. The van der Waals surface area contributed by atoms with E-state index >= 15 is 0 Å². The average molecular weight is 411 g/mol. The Labute approximate surface area is 182 Å². The summed E-state index contributed by atoms with van der Waals surface area (Å²) in [6, 6.07) is 10.6. The molecule has 1 spiro atoms. The summed E-state index contributed by atoms with van der Waals surface area (Å²) >= 11 is 0. The lowest BCUT2D eigenvalue weighted by atomic mass is 9.79. The van der Waals surface area contributed by atoms with Gasteiger partial charge in [0.25, 0.3) is 0 Å². The predicted octanol–water partition coefficient (Wildman–Crippen LogP) is 5.12. The quantitative estimate of drug-likeness (QED) is 0.693. The SMILES string of the molecule is C[C@H]1CCCCN1[C@H]1CC[C@H](c2ccc(N3CCC4(CCOCC4)C3=O)cc2)CC1. The van der Waals surface area contributed by atoms with Crippen molar-refractivity contribution < 1.29 is 9.53 Å². The summed E-state index contributed by atoms with van der Waals surface area (Å²) in [5.74, 6) is 1.02. The van der Waals surface area contributed by atoms with Gasteiger partial charge in [-0.1, -0.05) is 18.6 Å². The van der Waals surface area contributed by atoms with Crippen molar-refractivity contribution in [2.45, 2.75) is 89.1 Å². The molecule has 3 aliphatic heterocycles. The minimum Gasteiger partial charge on any atom is -0.381 e. The highest BCUT2D eigenvalue weighted by molar-refractivity contribution is 5.99. The fourth-order valence-corrected chi connectivity index (χ4v) is 6.62. The van der Waals surface area contributed by atoms with Crippen molar-refractivity contribution in [2.24, 2.45) is 5.41 Å². The summed E-state index contributed by atoms with van der Waals surface area (Å²) in [5.41, 5.74) is 2.40. The molecule has 3 saturated heterocycles. The lowest BCUT2D eigenvalue weighted by Gasteiger charge is -2.43. The monoisotopic (exact) mass is 410 g/mol. The van der Waals surface area contributed by atoms with Crippen molar-refractivity contribution in [3.8, 4) is 0 Å². The van der Waals surface area contributed by atoms with Gasteiger partial charge in [-0.15, -0.1) is 0 Å². The predicted molar refractivity (Wildman–Crippen MR) is 121 cm³/mol. The minimum atomic E-state index is -0.152. The van der Waals surface area contributed by atoms with Gasteiger partial charge < -0.3 is 9.64 Å². The van der Waals surface area contributed by atoms with Crippen molar-refractivity contribution in [1.29, 1.82) is 0 Å². The van der Waals surface area contributed by atoms with Crippen molar-refractivity contribution in [1.82, 2.24) is 4.90 Å². The molecule has 0 unspecified atom stereocenters. The molecule has 3 heterocycles. The van der Waals surface area contributed by atoms with E-state index in [-0.39, 0.29) is 5.41 Å². The Kier molecular flexibility index (Phi) is 5.90. The second-order valence-electron chi connectivity index (χ2n) is 10.3. The van der Waals surface area contributed by atoms with Gasteiger partial charge in [0, 0.05) is 37.5 Å². The number of amides is 1. The van der Waals surface area contributed by atoms with E-state index in [1.165, 1.54) is 57.1 Å². The van der Waals surface area contributed by atoms with Crippen LogP contribution in [0.3, 0.4) is 0 Å². The summed E-state index contributed by atoms with van der Waals surface area (Å²) < 4.78 is 5.51. The molecular formula is C26H38N2O2. The third kappa shape index (κ3) is 3.82. The van der Waals surface area contributed by atoms with E-state index < -0.39 is 0 Å². The number of carbonyl (C=O) groups excluding carboxylic acids is 1. The van der Waals surface area contributed by atoms with Crippen LogP contribution in [0.25, 0.3) is 0 Å². The molecule has 1 saturated carbocycles. The van der Waals surface area contributed by atoms with Crippen LogP contribution >= 0.6 is 0 Å². The number of ether oxygens (including phenoxy) is 1. The number of piperidine rings is 1. The molecule has 0 bridgehead atoms. The van der Waals surface area contributed by atoms with Crippen LogP contribution in [-0.4, -0.2) is 49.2 Å². The molecule has 4 aliphatic rings. The van der Waals surface area contributed by atoms with Gasteiger partial charge in [-0.3, -0.25) is 9.69 Å². The van der Waals surface area contributed by atoms with Gasteiger partial charge in [-0.2, -0.15) is 0 Å². The molecule has 0 N–H and O–H groups in total. The molecule has 1 amide bonds. The maximum absolute atomic E-state index is 13.1. The number of rotatable bonds is 3. The third-order valence-corrected chi connectivity index (χ3v) is 8.66. The number of benzene rings is 1. The van der Waals surface area contributed by atoms with Crippen molar-refractivity contribution in [3.05, 3.63) is 29.8 Å². The lowest BCUT2D eigenvalue weighted by Crippen LogP contribution is -2.46. The average Bonchev–Trinajstić information content (AvgIpc) is 3.10. The fraction of sp³-hybridized carbons (Fsp3) is 0.731. The highest BCUT2D eigenvalue weighted by atomic mass is 16.5. The Balaban J connectivity index is 1.19. The van der Waals surface area contributed by atoms with Crippen molar-refractivity contribution in [3.63, 3.8) is 0 Å². The van der Waals surface area contributed by atoms with Crippen LogP contribution in [0.1, 0.15) is 82.6 Å². The fourth-order valence-electron chi connectivity index (χ4n) is 6.62. The largest absolute Gasteiger partial charge is 0.381 e. The smallest absolute Gasteiger partial charge is 0.233 e. The maximum Gasteiger partial charge on any atom is 0.233 e. The molecule has 4 fully saturated rings. The summed E-state index contributed by atoms with van der Waals surface area (Å²) in [6.07, 6.45) is 12.2. The molecule has 5 rings (SSSR count). The summed E-state index contributed by atoms with van der Waals surface area (Å²) in [7, 11) is 0. The van der Waals surface area contributed by atoms with Crippen LogP contribution in [0.15, 0.2) is 24.3 Å². The Morgan fingerprint density at radius 2 is 1.63 bits per heavy atom. The Bertz CT molecular complexity index is 732. The van der Waals surface area contributed by atoms with Crippen molar-refractivity contribution >= 4 is 11.6 Å². The normalized spacial score (nSPS) is 32.6. The number of hydrogen-bond acceptors (Lipinski definition) is 3. The highest BCUT2D eigenvalue weighted by Crippen LogP contribution is 2.43. The van der Waals surface area contributed by atoms with E-state index in [9.17, 15) is 4.79 Å². The zero-order chi connectivity index (χ0) is 20.6. The first kappa shape index (κ1) is 20.5. The lowest BCUT2D eigenvalue weighted by molar-refractivity contribution is -0.130. The molecule has 0 aromatic heterocycles. The molecule has 1 aromatic carbocycles. The summed E-state index contributed by atoms with van der Waals surface area (Å²) in [6.45, 7) is 6.06. The second-order valence-corrected chi connectivity index (χ2v) is 10.3. The van der Waals surface area contributed by atoms with E-state index in [1.54, 1.807) is 0 Å². The van der Waals surface area contributed by atoms with Gasteiger partial charge in [0.2, 0.25) is 5.91 Å². The van der Waals surface area contributed by atoms with Crippen LogP contribution in [-0.2, 0) is 9.53 Å². The van der Waals surface area contributed by atoms with Crippen LogP contribution in [0.2, 0.25) is 0 Å². The van der Waals surface area contributed by atoms with Gasteiger partial charge in [0.15, 0.2) is 0 Å². The molecule has 30 heavy (non-hydrogen) atoms. The number of nitrogens with zero attached hydrogens (tertiary/aromatic N) is 2. The van der Waals surface area contributed by atoms with Gasteiger partial charge in [-0.25, -0.2) is 0 Å². The summed E-state index contributed by atoms with van der Waals surface area (Å²) in [4.78, 5) is 18.0. The van der Waals surface area contributed by atoms with Crippen LogP contribution in [0.4, 0.5) is 5.69 Å². The third-order valence-electron chi connectivity index (χ3n) is 8.66. The molecule has 1 atom stereocenters. The van der Waals surface area contributed by atoms with E-state index in [1.807, 2.05) is 4.90 Å². The molecule has 4 nitrogen and oxygen atoms in total. The van der Waals surface area contributed by atoms with Gasteiger partial charge in [0.1, 0.15) is 0 Å². The van der Waals surface area contributed by atoms with Crippen LogP contribution in [0.5, 0.6) is 0 Å². The molecule has 1 aliphatic carbocycles. The Morgan fingerprint density at radius 3 is 2.33 bits per heavy atom. The van der Waals surface area contributed by atoms with E-state index in [4.69, 9.17) is 4.74 Å². The number of carbonyl (C=O) groups is 1. The number of anilines is 1. The minimum absolute atomic E-state index is 0.152. The Hall–Kier alpha value is -1.39. The van der Waals surface area contributed by atoms with Gasteiger partial charge in [0.05, 0.1) is 5.41 Å². The van der Waals surface area contributed by atoms with Crippen molar-refractivity contribution in [2.75, 3.05) is 31.2 Å². The van der Waals surface area contributed by atoms with E-state index in [2.05, 4.69) is 36.1 Å². The molecular weight excluding hydrogens is 372 g/mol. The molecule has 1 aromatic rings. The highest BCUT2D eigenvalue weighted by Gasteiger charge is 2.47.